The number of benzene rings is 1. The van der Waals surface area contributed by atoms with E-state index in [9.17, 15) is 9.18 Å². The number of nitrogens with one attached hydrogen (secondary N) is 1. The largest absolute Gasteiger partial charge is 0.339 e. The Bertz CT molecular complexity index is 995. The first-order valence-electron chi connectivity index (χ1n) is 9.30. The molecule has 150 valence electrons. The maximum Gasteiger partial charge on any atom is 0.239 e. The van der Waals surface area contributed by atoms with E-state index in [0.29, 0.717) is 29.6 Å². The second-order valence-corrected chi connectivity index (χ2v) is 7.87. The van der Waals surface area contributed by atoms with Crippen LogP contribution < -0.4 is 5.32 Å². The van der Waals surface area contributed by atoms with Crippen molar-refractivity contribution in [3.63, 3.8) is 0 Å². The molecule has 9 heteroatoms. The molecule has 1 aliphatic heterocycles. The zero-order valence-electron chi connectivity index (χ0n) is 15.5. The second-order valence-electron chi connectivity index (χ2n) is 6.95. The Morgan fingerprint density at radius 3 is 3.03 bits per heavy atom. The second kappa shape index (κ2) is 8.79. The van der Waals surface area contributed by atoms with Crippen LogP contribution in [0.1, 0.15) is 24.7 Å². The number of carbonyl (C=O) groups excluding carboxylic acids is 1. The molecule has 1 unspecified atom stereocenters. The summed E-state index contributed by atoms with van der Waals surface area (Å²) in [6.45, 7) is 1.73. The van der Waals surface area contributed by atoms with Crippen molar-refractivity contribution in [2.24, 2.45) is 0 Å². The molecule has 3 aromatic rings. The smallest absolute Gasteiger partial charge is 0.239 e. The molecule has 1 atom stereocenters. The first-order chi connectivity index (χ1) is 14.1. The number of rotatable bonds is 5. The summed E-state index contributed by atoms with van der Waals surface area (Å²) < 4.78 is 19.7. The maximum atomic E-state index is 13.4. The quantitative estimate of drug-likeness (QED) is 0.623. The summed E-state index contributed by atoms with van der Waals surface area (Å²) in [5, 5.41) is 6.79. The van der Waals surface area contributed by atoms with Crippen molar-refractivity contribution in [3.8, 4) is 11.4 Å². The number of piperidine rings is 1. The van der Waals surface area contributed by atoms with Crippen LogP contribution in [0.15, 0.2) is 51.6 Å². The highest BCUT2D eigenvalue weighted by Crippen LogP contribution is 2.27. The monoisotopic (exact) mass is 459 g/mol. The summed E-state index contributed by atoms with van der Waals surface area (Å²) in [6.07, 6.45) is 3.46. The average molecular weight is 460 g/mol. The summed E-state index contributed by atoms with van der Waals surface area (Å²) >= 11 is 3.32. The Morgan fingerprint density at radius 1 is 1.34 bits per heavy atom. The van der Waals surface area contributed by atoms with Gasteiger partial charge >= 0.3 is 0 Å². The highest BCUT2D eigenvalue weighted by molar-refractivity contribution is 9.10. The van der Waals surface area contributed by atoms with E-state index in [2.05, 4.69) is 41.3 Å². The van der Waals surface area contributed by atoms with Gasteiger partial charge in [-0.2, -0.15) is 4.98 Å². The molecule has 1 amide bonds. The molecular weight excluding hydrogens is 441 g/mol. The van der Waals surface area contributed by atoms with Gasteiger partial charge in [0, 0.05) is 22.8 Å². The average Bonchev–Trinajstić information content (AvgIpc) is 3.20. The predicted octanol–water partition coefficient (Wildman–Crippen LogP) is 3.85. The number of anilines is 1. The minimum Gasteiger partial charge on any atom is -0.339 e. The van der Waals surface area contributed by atoms with E-state index in [4.69, 9.17) is 4.52 Å². The summed E-state index contributed by atoms with van der Waals surface area (Å²) in [7, 11) is 0. The lowest BCUT2D eigenvalue weighted by Crippen LogP contribution is -2.39. The fourth-order valence-corrected chi connectivity index (χ4v) is 3.62. The zero-order valence-corrected chi connectivity index (χ0v) is 17.1. The van der Waals surface area contributed by atoms with Crippen molar-refractivity contribution in [1.29, 1.82) is 0 Å². The fraction of sp³-hybridized carbons (Fsp3) is 0.300. The number of hydrogen-bond acceptors (Lipinski definition) is 6. The normalized spacial score (nSPS) is 17.2. The van der Waals surface area contributed by atoms with Crippen molar-refractivity contribution in [2.45, 2.75) is 18.8 Å². The maximum absolute atomic E-state index is 13.4. The summed E-state index contributed by atoms with van der Waals surface area (Å²) in [5.41, 5.74) is 0.578. The van der Waals surface area contributed by atoms with E-state index in [1.54, 1.807) is 24.4 Å². The molecule has 1 saturated heterocycles. The molecular formula is C20H19BrFN5O2. The third-order valence-corrected chi connectivity index (χ3v) is 5.21. The zero-order chi connectivity index (χ0) is 20.2. The standard InChI is InChI=1S/C20H19BrFN5O2/c21-15-6-7-17(23-10-15)24-18(28)12-27-8-2-4-14(11-27)20-25-19(26-29-20)13-3-1-5-16(22)9-13/h1,3,5-7,9-10,14H,2,4,8,11-12H2,(H,23,24,28). The molecule has 1 aliphatic rings. The molecule has 29 heavy (non-hydrogen) atoms. The van der Waals surface area contributed by atoms with Crippen LogP contribution in [0.4, 0.5) is 10.2 Å². The number of aromatic nitrogens is 3. The van der Waals surface area contributed by atoms with E-state index >= 15 is 0 Å². The van der Waals surface area contributed by atoms with Gasteiger partial charge in [0.2, 0.25) is 17.6 Å². The minimum atomic E-state index is -0.344. The van der Waals surface area contributed by atoms with Gasteiger partial charge in [-0.3, -0.25) is 9.69 Å². The molecule has 4 rings (SSSR count). The van der Waals surface area contributed by atoms with E-state index in [1.165, 1.54) is 12.1 Å². The van der Waals surface area contributed by atoms with Gasteiger partial charge < -0.3 is 9.84 Å². The molecule has 3 heterocycles. The van der Waals surface area contributed by atoms with Crippen LogP contribution in [0.5, 0.6) is 0 Å². The summed E-state index contributed by atoms with van der Waals surface area (Å²) in [5.74, 6) is 0.982. The topological polar surface area (TPSA) is 84.2 Å². The van der Waals surface area contributed by atoms with Crippen molar-refractivity contribution in [2.75, 3.05) is 25.0 Å². The van der Waals surface area contributed by atoms with Gasteiger partial charge in [-0.15, -0.1) is 0 Å². The van der Waals surface area contributed by atoms with Crippen molar-refractivity contribution >= 4 is 27.7 Å². The summed E-state index contributed by atoms with van der Waals surface area (Å²) in [4.78, 5) is 23.0. The number of nitrogens with zero attached hydrogens (tertiary/aromatic N) is 4. The molecule has 1 N–H and O–H groups in total. The van der Waals surface area contributed by atoms with Crippen molar-refractivity contribution in [3.05, 3.63) is 58.8 Å². The van der Waals surface area contributed by atoms with Crippen LogP contribution in [0.3, 0.4) is 0 Å². The Morgan fingerprint density at radius 2 is 2.24 bits per heavy atom. The van der Waals surface area contributed by atoms with Gasteiger partial charge in [0.25, 0.3) is 0 Å². The summed E-state index contributed by atoms with van der Waals surface area (Å²) in [6, 6.07) is 9.67. The first kappa shape index (κ1) is 19.7. The molecule has 0 saturated carbocycles. The lowest BCUT2D eigenvalue weighted by Gasteiger charge is -2.30. The Labute approximate surface area is 175 Å². The Balaban J connectivity index is 1.37. The van der Waals surface area contributed by atoms with E-state index in [1.807, 2.05) is 6.07 Å². The van der Waals surface area contributed by atoms with Crippen molar-refractivity contribution < 1.29 is 13.7 Å². The number of amides is 1. The molecule has 0 radical (unpaired) electrons. The lowest BCUT2D eigenvalue weighted by atomic mass is 9.98. The Kier molecular flexibility index (Phi) is 5.96. The van der Waals surface area contributed by atoms with E-state index in [-0.39, 0.29) is 24.2 Å². The third-order valence-electron chi connectivity index (χ3n) is 4.74. The number of pyridine rings is 1. The van der Waals surface area contributed by atoms with Crippen LogP contribution in [-0.4, -0.2) is 45.6 Å². The minimum absolute atomic E-state index is 0.0390. The van der Waals surface area contributed by atoms with Crippen LogP contribution in [0.2, 0.25) is 0 Å². The van der Waals surface area contributed by atoms with Gasteiger partial charge in [0.1, 0.15) is 11.6 Å². The van der Waals surface area contributed by atoms with E-state index in [0.717, 1.165) is 23.9 Å². The Hall–Kier alpha value is -2.65. The molecule has 7 nitrogen and oxygen atoms in total. The number of halogens is 2. The first-order valence-corrected chi connectivity index (χ1v) is 10.1. The van der Waals surface area contributed by atoms with Gasteiger partial charge in [-0.1, -0.05) is 17.3 Å². The van der Waals surface area contributed by atoms with Gasteiger partial charge in [0.05, 0.1) is 12.5 Å². The molecule has 0 bridgehead atoms. The van der Waals surface area contributed by atoms with Crippen LogP contribution in [0.25, 0.3) is 11.4 Å². The predicted molar refractivity (Wildman–Crippen MR) is 109 cm³/mol. The highest BCUT2D eigenvalue weighted by atomic mass is 79.9. The molecule has 2 aromatic heterocycles. The molecule has 1 aromatic carbocycles. The van der Waals surface area contributed by atoms with Crippen molar-refractivity contribution in [1.82, 2.24) is 20.0 Å². The molecule has 0 spiro atoms. The molecule has 0 aliphatic carbocycles. The van der Waals surface area contributed by atoms with Crippen LogP contribution >= 0.6 is 15.9 Å². The SMILES string of the molecule is O=C(CN1CCCC(c2nc(-c3cccc(F)c3)no2)C1)Nc1ccc(Br)cn1. The highest BCUT2D eigenvalue weighted by Gasteiger charge is 2.27. The molecule has 1 fully saturated rings. The van der Waals surface area contributed by atoms with Gasteiger partial charge in [-0.25, -0.2) is 9.37 Å². The fourth-order valence-electron chi connectivity index (χ4n) is 3.38. The van der Waals surface area contributed by atoms with E-state index < -0.39 is 0 Å². The third kappa shape index (κ3) is 5.04. The van der Waals surface area contributed by atoms with Gasteiger partial charge in [0.15, 0.2) is 0 Å². The lowest BCUT2D eigenvalue weighted by molar-refractivity contribution is -0.117. The van der Waals surface area contributed by atoms with Gasteiger partial charge in [-0.05, 0) is 59.6 Å². The number of likely N-dealkylation sites (tertiary alicyclic amines) is 1. The van der Waals surface area contributed by atoms with Crippen LogP contribution in [-0.2, 0) is 4.79 Å². The van der Waals surface area contributed by atoms with Crippen LogP contribution in [0, 0.1) is 5.82 Å². The number of carbonyl (C=O) groups is 1. The number of hydrogen-bond donors (Lipinski definition) is 1.